The first kappa shape index (κ1) is 13.5. The van der Waals surface area contributed by atoms with Crippen LogP contribution < -0.4 is 10.6 Å². The van der Waals surface area contributed by atoms with Crippen molar-refractivity contribution in [3.05, 3.63) is 29.3 Å². The number of nitrogens with one attached hydrogen (secondary N) is 2. The number of benzene rings is 1. The topological polar surface area (TPSA) is 78.4 Å². The highest BCUT2D eigenvalue weighted by Crippen LogP contribution is 2.23. The lowest BCUT2D eigenvalue weighted by atomic mass is 10.0. The molecule has 0 saturated carbocycles. The second kappa shape index (κ2) is 5.01. The van der Waals surface area contributed by atoms with E-state index in [0.717, 1.165) is 16.8 Å². The molecule has 2 amide bonds. The van der Waals surface area contributed by atoms with Crippen LogP contribution in [-0.4, -0.2) is 22.5 Å². The van der Waals surface area contributed by atoms with E-state index in [2.05, 4.69) is 10.6 Å². The molecule has 19 heavy (non-hydrogen) atoms. The van der Waals surface area contributed by atoms with Crippen LogP contribution in [0.1, 0.15) is 31.4 Å². The summed E-state index contributed by atoms with van der Waals surface area (Å²) in [7, 11) is 0. The first-order valence-corrected chi connectivity index (χ1v) is 6.28. The molecular formula is C14H18N2O3. The largest absolute Gasteiger partial charge is 0.381 e. The van der Waals surface area contributed by atoms with Crippen molar-refractivity contribution < 1.29 is 14.7 Å². The number of amides is 2. The van der Waals surface area contributed by atoms with E-state index in [4.69, 9.17) is 0 Å². The Labute approximate surface area is 112 Å². The molecule has 0 aromatic heterocycles. The van der Waals surface area contributed by atoms with Gasteiger partial charge in [0.1, 0.15) is 5.60 Å². The molecule has 0 fully saturated rings. The zero-order chi connectivity index (χ0) is 14.0. The molecule has 0 spiro atoms. The fourth-order valence-electron chi connectivity index (χ4n) is 1.95. The van der Waals surface area contributed by atoms with Gasteiger partial charge >= 0.3 is 0 Å². The van der Waals surface area contributed by atoms with Gasteiger partial charge in [-0.25, -0.2) is 0 Å². The number of carbonyl (C=O) groups excluding carboxylic acids is 2. The van der Waals surface area contributed by atoms with E-state index in [9.17, 15) is 14.7 Å². The molecule has 0 saturated heterocycles. The predicted molar refractivity (Wildman–Crippen MR) is 71.5 cm³/mol. The Morgan fingerprint density at radius 3 is 2.84 bits per heavy atom. The number of aliphatic hydroxyl groups is 1. The highest BCUT2D eigenvalue weighted by molar-refractivity contribution is 5.93. The molecule has 0 aliphatic carbocycles. The third kappa shape index (κ3) is 3.32. The van der Waals surface area contributed by atoms with E-state index in [-0.39, 0.29) is 5.91 Å². The van der Waals surface area contributed by atoms with Gasteiger partial charge in [0.2, 0.25) is 5.91 Å². The van der Waals surface area contributed by atoms with E-state index in [1.807, 2.05) is 18.2 Å². The SMILES string of the molecule is CC(C)(O)C(=O)NCc1ccc2c(c1)CCC(=O)N2. The molecule has 0 unspecified atom stereocenters. The zero-order valence-electron chi connectivity index (χ0n) is 11.1. The van der Waals surface area contributed by atoms with Gasteiger partial charge in [-0.1, -0.05) is 12.1 Å². The van der Waals surface area contributed by atoms with E-state index in [1.54, 1.807) is 0 Å². The van der Waals surface area contributed by atoms with Gasteiger partial charge in [0, 0.05) is 18.7 Å². The number of fused-ring (bicyclic) bond motifs is 1. The Hall–Kier alpha value is -1.88. The predicted octanol–water partition coefficient (Wildman–Crippen LogP) is 0.958. The van der Waals surface area contributed by atoms with Crippen molar-refractivity contribution in [3.8, 4) is 0 Å². The summed E-state index contributed by atoms with van der Waals surface area (Å²) in [5.41, 5.74) is 1.50. The minimum atomic E-state index is -1.37. The minimum absolute atomic E-state index is 0.0376. The molecule has 3 N–H and O–H groups in total. The second-order valence-electron chi connectivity index (χ2n) is 5.28. The molecule has 0 bridgehead atoms. The van der Waals surface area contributed by atoms with Gasteiger partial charge in [-0.15, -0.1) is 0 Å². The third-order valence-electron chi connectivity index (χ3n) is 3.07. The summed E-state index contributed by atoms with van der Waals surface area (Å²) in [4.78, 5) is 22.8. The number of hydrogen-bond donors (Lipinski definition) is 3. The Bertz CT molecular complexity index is 518. The van der Waals surface area contributed by atoms with Gasteiger partial charge in [-0.3, -0.25) is 9.59 Å². The Balaban J connectivity index is 2.03. The van der Waals surface area contributed by atoms with Crippen LogP contribution in [-0.2, 0) is 22.6 Å². The fourth-order valence-corrected chi connectivity index (χ4v) is 1.95. The van der Waals surface area contributed by atoms with Crippen LogP contribution in [0, 0.1) is 0 Å². The molecule has 2 rings (SSSR count). The minimum Gasteiger partial charge on any atom is -0.381 e. The smallest absolute Gasteiger partial charge is 0.251 e. The van der Waals surface area contributed by atoms with Gasteiger partial charge in [0.05, 0.1) is 0 Å². The summed E-state index contributed by atoms with van der Waals surface area (Å²) in [5.74, 6) is -0.367. The zero-order valence-corrected chi connectivity index (χ0v) is 11.1. The summed E-state index contributed by atoms with van der Waals surface area (Å²) in [6.45, 7) is 3.26. The van der Waals surface area contributed by atoms with Crippen molar-refractivity contribution in [2.75, 3.05) is 5.32 Å². The van der Waals surface area contributed by atoms with Crippen molar-refractivity contribution in [2.24, 2.45) is 0 Å². The molecule has 1 aromatic rings. The number of aryl methyl sites for hydroxylation is 1. The highest BCUT2D eigenvalue weighted by atomic mass is 16.3. The summed E-state index contributed by atoms with van der Waals surface area (Å²) < 4.78 is 0. The number of hydrogen-bond acceptors (Lipinski definition) is 3. The van der Waals surface area contributed by atoms with Gasteiger partial charge < -0.3 is 15.7 Å². The van der Waals surface area contributed by atoms with Crippen LogP contribution in [0.5, 0.6) is 0 Å². The maximum absolute atomic E-state index is 11.6. The first-order chi connectivity index (χ1) is 8.86. The van der Waals surface area contributed by atoms with Gasteiger partial charge in [0.25, 0.3) is 5.91 Å². The van der Waals surface area contributed by atoms with Crippen LogP contribution in [0.15, 0.2) is 18.2 Å². The Morgan fingerprint density at radius 1 is 1.42 bits per heavy atom. The Kier molecular flexibility index (Phi) is 3.57. The molecule has 1 aromatic carbocycles. The molecule has 5 heteroatoms. The molecule has 0 atom stereocenters. The van der Waals surface area contributed by atoms with Gasteiger partial charge in [0.15, 0.2) is 0 Å². The summed E-state index contributed by atoms with van der Waals surface area (Å²) >= 11 is 0. The van der Waals surface area contributed by atoms with Crippen molar-refractivity contribution in [1.29, 1.82) is 0 Å². The molecule has 1 aliphatic rings. The quantitative estimate of drug-likeness (QED) is 0.759. The summed E-state index contributed by atoms with van der Waals surface area (Å²) in [6.07, 6.45) is 1.21. The van der Waals surface area contributed by atoms with Crippen molar-refractivity contribution >= 4 is 17.5 Å². The number of anilines is 1. The van der Waals surface area contributed by atoms with E-state index in [0.29, 0.717) is 19.4 Å². The summed E-state index contributed by atoms with van der Waals surface area (Å²) in [6, 6.07) is 5.67. The van der Waals surface area contributed by atoms with Crippen LogP contribution in [0.3, 0.4) is 0 Å². The molecule has 1 heterocycles. The number of rotatable bonds is 3. The third-order valence-corrected chi connectivity index (χ3v) is 3.07. The van der Waals surface area contributed by atoms with Crippen molar-refractivity contribution in [3.63, 3.8) is 0 Å². The van der Waals surface area contributed by atoms with Gasteiger partial charge in [-0.2, -0.15) is 0 Å². The summed E-state index contributed by atoms with van der Waals surface area (Å²) in [5, 5.41) is 15.0. The molecule has 5 nitrogen and oxygen atoms in total. The van der Waals surface area contributed by atoms with Crippen LogP contribution in [0.25, 0.3) is 0 Å². The Morgan fingerprint density at radius 2 is 2.16 bits per heavy atom. The van der Waals surface area contributed by atoms with Crippen LogP contribution in [0.4, 0.5) is 5.69 Å². The van der Waals surface area contributed by atoms with Crippen LogP contribution >= 0.6 is 0 Å². The maximum Gasteiger partial charge on any atom is 0.251 e. The lowest BCUT2D eigenvalue weighted by Crippen LogP contribution is -2.41. The molecular weight excluding hydrogens is 244 g/mol. The van der Waals surface area contributed by atoms with E-state index < -0.39 is 11.5 Å². The monoisotopic (exact) mass is 262 g/mol. The second-order valence-corrected chi connectivity index (χ2v) is 5.28. The molecule has 0 radical (unpaired) electrons. The fraction of sp³-hybridized carbons (Fsp3) is 0.429. The molecule has 1 aliphatic heterocycles. The highest BCUT2D eigenvalue weighted by Gasteiger charge is 2.23. The first-order valence-electron chi connectivity index (χ1n) is 6.28. The standard InChI is InChI=1S/C14H18N2O3/c1-14(2,19)13(18)15-8-9-3-5-11-10(7-9)4-6-12(17)16-11/h3,5,7,19H,4,6,8H2,1-2H3,(H,15,18)(H,16,17). The van der Waals surface area contributed by atoms with E-state index >= 15 is 0 Å². The van der Waals surface area contributed by atoms with Crippen molar-refractivity contribution in [2.45, 2.75) is 38.8 Å². The molecule has 102 valence electrons. The maximum atomic E-state index is 11.6. The van der Waals surface area contributed by atoms with E-state index in [1.165, 1.54) is 13.8 Å². The lowest BCUT2D eigenvalue weighted by molar-refractivity contribution is -0.136. The average molecular weight is 262 g/mol. The normalized spacial score (nSPS) is 14.6. The van der Waals surface area contributed by atoms with Crippen LogP contribution in [0.2, 0.25) is 0 Å². The van der Waals surface area contributed by atoms with Gasteiger partial charge in [-0.05, 0) is 37.5 Å². The number of carbonyl (C=O) groups is 2. The lowest BCUT2D eigenvalue weighted by Gasteiger charge is -2.19. The average Bonchev–Trinajstić information content (AvgIpc) is 2.34. The van der Waals surface area contributed by atoms with Crippen molar-refractivity contribution in [1.82, 2.24) is 5.32 Å².